The van der Waals surface area contributed by atoms with Crippen LogP contribution < -0.4 is 0 Å². The quantitative estimate of drug-likeness (QED) is 0.853. The second kappa shape index (κ2) is 4.26. The van der Waals surface area contributed by atoms with Crippen LogP contribution in [-0.4, -0.2) is 11.7 Å². The molecule has 1 rings (SSSR count). The predicted molar refractivity (Wildman–Crippen MR) is 54.3 cm³/mol. The number of benzene rings is 1. The van der Waals surface area contributed by atoms with Gasteiger partial charge in [0.05, 0.1) is 11.6 Å². The Morgan fingerprint density at radius 3 is 2.75 bits per heavy atom. The molecule has 65 valence electrons. The summed E-state index contributed by atoms with van der Waals surface area (Å²) in [4.78, 5) is 0. The molecule has 0 bridgehead atoms. The second-order valence-electron chi connectivity index (χ2n) is 2.57. The minimum atomic E-state index is 0.0674. The van der Waals surface area contributed by atoms with Crippen molar-refractivity contribution in [3.05, 3.63) is 39.2 Å². The van der Waals surface area contributed by atoms with E-state index < -0.39 is 0 Å². The topological polar surface area (TPSA) is 20.2 Å². The van der Waals surface area contributed by atoms with Crippen LogP contribution in [0, 0.1) is 5.92 Å². The number of halogens is 2. The molecule has 0 fully saturated rings. The Balaban J connectivity index is 2.96. The Bertz CT molecular complexity index is 275. The molecule has 1 nitrogen and oxygen atoms in total. The Morgan fingerprint density at radius 2 is 2.25 bits per heavy atom. The molecule has 0 aliphatic rings. The number of aliphatic hydroxyl groups excluding tert-OH is 1. The van der Waals surface area contributed by atoms with Crippen LogP contribution in [0.15, 0.2) is 22.7 Å². The molecule has 0 saturated heterocycles. The maximum absolute atomic E-state index is 8.86. The van der Waals surface area contributed by atoms with E-state index in [-0.39, 0.29) is 6.61 Å². The summed E-state index contributed by atoms with van der Waals surface area (Å²) >= 11 is 9.17. The van der Waals surface area contributed by atoms with Crippen molar-refractivity contribution in [2.45, 2.75) is 6.92 Å². The highest BCUT2D eigenvalue weighted by molar-refractivity contribution is 9.10. The van der Waals surface area contributed by atoms with Gasteiger partial charge in [0.25, 0.3) is 0 Å². The highest BCUT2D eigenvalue weighted by atomic mass is 79.9. The van der Waals surface area contributed by atoms with Crippen molar-refractivity contribution in [3.63, 3.8) is 0 Å². The van der Waals surface area contributed by atoms with Gasteiger partial charge < -0.3 is 5.11 Å². The lowest BCUT2D eigenvalue weighted by Crippen LogP contribution is -1.99. The third-order valence-corrected chi connectivity index (χ3v) is 2.88. The standard InChI is InChI=1S/C9H9BrClO/c1-6(5-12)7-2-3-8(10)9(11)4-7/h2-4,12H,5H2,1H3. The van der Waals surface area contributed by atoms with Gasteiger partial charge in [-0.15, -0.1) is 0 Å². The van der Waals surface area contributed by atoms with Crippen LogP contribution in [0.1, 0.15) is 12.5 Å². The van der Waals surface area contributed by atoms with Crippen LogP contribution in [0.4, 0.5) is 0 Å². The lowest BCUT2D eigenvalue weighted by molar-refractivity contribution is 0.315. The first-order valence-electron chi connectivity index (χ1n) is 3.54. The third kappa shape index (κ3) is 2.22. The lowest BCUT2D eigenvalue weighted by Gasteiger charge is -2.07. The molecule has 1 aromatic rings. The van der Waals surface area contributed by atoms with Crippen molar-refractivity contribution in [2.75, 3.05) is 6.61 Å². The molecule has 0 saturated carbocycles. The molecule has 0 heterocycles. The van der Waals surface area contributed by atoms with Gasteiger partial charge in [0, 0.05) is 10.4 Å². The van der Waals surface area contributed by atoms with E-state index in [4.69, 9.17) is 16.7 Å². The second-order valence-corrected chi connectivity index (χ2v) is 3.83. The molecular formula is C9H9BrClO. The fraction of sp³-hybridized carbons (Fsp3) is 0.222. The molecule has 1 N–H and O–H groups in total. The van der Waals surface area contributed by atoms with Gasteiger partial charge >= 0.3 is 0 Å². The monoisotopic (exact) mass is 247 g/mol. The first kappa shape index (κ1) is 10.0. The van der Waals surface area contributed by atoms with E-state index in [9.17, 15) is 0 Å². The molecule has 0 aliphatic heterocycles. The van der Waals surface area contributed by atoms with Gasteiger partial charge in [0.15, 0.2) is 0 Å². The van der Waals surface area contributed by atoms with Crippen molar-refractivity contribution < 1.29 is 5.11 Å². The summed E-state index contributed by atoms with van der Waals surface area (Å²) in [6.07, 6.45) is 0. The summed E-state index contributed by atoms with van der Waals surface area (Å²) in [6.45, 7) is 1.94. The van der Waals surface area contributed by atoms with Crippen LogP contribution >= 0.6 is 27.5 Å². The van der Waals surface area contributed by atoms with Crippen LogP contribution in [0.3, 0.4) is 0 Å². The Kier molecular flexibility index (Phi) is 3.56. The van der Waals surface area contributed by atoms with Gasteiger partial charge in [-0.05, 0) is 33.6 Å². The van der Waals surface area contributed by atoms with E-state index in [1.165, 1.54) is 0 Å². The first-order valence-corrected chi connectivity index (χ1v) is 4.71. The van der Waals surface area contributed by atoms with E-state index >= 15 is 0 Å². The molecular weight excluding hydrogens is 239 g/mol. The van der Waals surface area contributed by atoms with E-state index in [1.807, 2.05) is 25.1 Å². The zero-order chi connectivity index (χ0) is 9.14. The number of hydrogen-bond donors (Lipinski definition) is 1. The summed E-state index contributed by atoms with van der Waals surface area (Å²) in [6, 6.07) is 5.62. The zero-order valence-corrected chi connectivity index (χ0v) is 8.98. The molecule has 3 heteroatoms. The molecule has 0 spiro atoms. The van der Waals surface area contributed by atoms with Gasteiger partial charge in [-0.3, -0.25) is 0 Å². The fourth-order valence-electron chi connectivity index (χ4n) is 0.853. The van der Waals surface area contributed by atoms with Crippen LogP contribution in [0.5, 0.6) is 0 Å². The molecule has 1 aromatic carbocycles. The average molecular weight is 249 g/mol. The van der Waals surface area contributed by atoms with Gasteiger partial charge in [-0.25, -0.2) is 0 Å². The summed E-state index contributed by atoms with van der Waals surface area (Å²) < 4.78 is 0.874. The Hall–Kier alpha value is -0.0500. The summed E-state index contributed by atoms with van der Waals surface area (Å²) in [5, 5.41) is 9.52. The molecule has 0 unspecified atom stereocenters. The zero-order valence-electron chi connectivity index (χ0n) is 6.64. The smallest absolute Gasteiger partial charge is 0.0551 e. The van der Waals surface area contributed by atoms with Crippen molar-refractivity contribution >= 4 is 27.5 Å². The van der Waals surface area contributed by atoms with Crippen molar-refractivity contribution in [1.82, 2.24) is 0 Å². The van der Waals surface area contributed by atoms with Crippen molar-refractivity contribution in [2.24, 2.45) is 0 Å². The van der Waals surface area contributed by atoms with E-state index in [1.54, 1.807) is 0 Å². The van der Waals surface area contributed by atoms with Crippen LogP contribution in [0.25, 0.3) is 0 Å². The van der Waals surface area contributed by atoms with E-state index in [0.717, 1.165) is 16.0 Å². The largest absolute Gasteiger partial charge is 0.395 e. The minimum absolute atomic E-state index is 0.0674. The lowest BCUT2D eigenvalue weighted by atomic mass is 10.0. The Morgan fingerprint density at radius 1 is 1.58 bits per heavy atom. The summed E-state index contributed by atoms with van der Waals surface area (Å²) in [7, 11) is 0. The van der Waals surface area contributed by atoms with Crippen LogP contribution in [-0.2, 0) is 0 Å². The minimum Gasteiger partial charge on any atom is -0.395 e. The highest BCUT2D eigenvalue weighted by Gasteiger charge is 2.06. The van der Waals surface area contributed by atoms with E-state index in [2.05, 4.69) is 15.9 Å². The number of rotatable bonds is 2. The number of aliphatic hydroxyl groups is 1. The average Bonchev–Trinajstić information content (AvgIpc) is 2.08. The Labute approximate surface area is 85.5 Å². The maximum Gasteiger partial charge on any atom is 0.0551 e. The third-order valence-electron chi connectivity index (χ3n) is 1.65. The highest BCUT2D eigenvalue weighted by Crippen LogP contribution is 2.26. The first-order chi connectivity index (χ1) is 5.65. The molecule has 0 atom stereocenters. The fourth-order valence-corrected chi connectivity index (χ4v) is 1.28. The van der Waals surface area contributed by atoms with Crippen molar-refractivity contribution in [3.8, 4) is 0 Å². The van der Waals surface area contributed by atoms with Crippen molar-refractivity contribution in [1.29, 1.82) is 0 Å². The van der Waals surface area contributed by atoms with Gasteiger partial charge in [0.2, 0.25) is 0 Å². The summed E-state index contributed by atoms with van der Waals surface area (Å²) in [5.41, 5.74) is 0.978. The van der Waals surface area contributed by atoms with Crippen LogP contribution in [0.2, 0.25) is 5.02 Å². The van der Waals surface area contributed by atoms with Gasteiger partial charge in [0.1, 0.15) is 0 Å². The molecule has 12 heavy (non-hydrogen) atoms. The molecule has 1 radical (unpaired) electrons. The van der Waals surface area contributed by atoms with Gasteiger partial charge in [-0.1, -0.05) is 24.6 Å². The van der Waals surface area contributed by atoms with Gasteiger partial charge in [-0.2, -0.15) is 0 Å². The van der Waals surface area contributed by atoms with E-state index in [0.29, 0.717) is 5.02 Å². The molecule has 0 amide bonds. The SMILES string of the molecule is C[C](CO)c1ccc(Br)c(Cl)c1. The normalized spacial score (nSPS) is 10.8. The maximum atomic E-state index is 8.86. The number of hydrogen-bond acceptors (Lipinski definition) is 1. The predicted octanol–water partition coefficient (Wildman–Crippen LogP) is 3.04. The molecule has 0 aliphatic carbocycles. The summed E-state index contributed by atoms with van der Waals surface area (Å²) in [5.74, 6) is 0.921. The molecule has 0 aromatic heterocycles.